The Labute approximate surface area is 222 Å². The van der Waals surface area contributed by atoms with E-state index in [1.807, 2.05) is 18.2 Å². The second kappa shape index (κ2) is 11.7. The summed E-state index contributed by atoms with van der Waals surface area (Å²) in [6, 6.07) is 12.7. The van der Waals surface area contributed by atoms with Gasteiger partial charge in [0.1, 0.15) is 23.8 Å². The number of benzene rings is 2. The molecule has 0 unspecified atom stereocenters. The van der Waals surface area contributed by atoms with Gasteiger partial charge in [0.15, 0.2) is 0 Å². The van der Waals surface area contributed by atoms with Gasteiger partial charge in [-0.3, -0.25) is 9.59 Å². The Kier molecular flexibility index (Phi) is 8.09. The van der Waals surface area contributed by atoms with Gasteiger partial charge in [-0.1, -0.05) is 62.1 Å². The summed E-state index contributed by atoms with van der Waals surface area (Å²) in [6.45, 7) is -0.182. The quantitative estimate of drug-likeness (QED) is 0.469. The molecule has 2 aromatic carbocycles. The van der Waals surface area contributed by atoms with Gasteiger partial charge >= 0.3 is 0 Å². The zero-order chi connectivity index (χ0) is 26.6. The van der Waals surface area contributed by atoms with E-state index in [-0.39, 0.29) is 32.0 Å². The Morgan fingerprint density at radius 1 is 1.08 bits per heavy atom. The first-order chi connectivity index (χ1) is 18.5. The first-order valence-electron chi connectivity index (χ1n) is 13.5. The predicted octanol–water partition coefficient (Wildman–Crippen LogP) is 3.45. The minimum absolute atomic E-state index is 0.0374. The number of carbonyl (C=O) groups excluding carboxylic acids is 2. The first-order valence-corrected chi connectivity index (χ1v) is 13.5. The molecule has 0 aromatic heterocycles. The predicted molar refractivity (Wildman–Crippen MR) is 140 cm³/mol. The molecule has 1 heterocycles. The van der Waals surface area contributed by atoms with Gasteiger partial charge in [-0.2, -0.15) is 0 Å². The van der Waals surface area contributed by atoms with Crippen LogP contribution in [0, 0.1) is 11.7 Å². The minimum Gasteiger partial charge on any atom is -0.486 e. The number of halogens is 1. The number of ether oxygens (including phenoxy) is 1. The molecule has 0 bridgehead atoms. The Morgan fingerprint density at radius 2 is 1.82 bits per heavy atom. The zero-order valence-electron chi connectivity index (χ0n) is 21.4. The number of nitrogens with one attached hydrogen (secondary N) is 1. The molecule has 4 atom stereocenters. The number of hydrogen-bond acceptors (Lipinski definition) is 5. The Balaban J connectivity index is 1.50. The maximum absolute atomic E-state index is 14.7. The Hall–Kier alpha value is -3.23. The van der Waals surface area contributed by atoms with E-state index < -0.39 is 35.9 Å². The Bertz CT molecular complexity index is 1190. The lowest BCUT2D eigenvalue weighted by atomic mass is 9.77. The highest BCUT2D eigenvalue weighted by Crippen LogP contribution is 2.47. The molecular weight excluding hydrogens is 487 g/mol. The van der Waals surface area contributed by atoms with Crippen LogP contribution in [-0.2, 0) is 16.1 Å². The van der Waals surface area contributed by atoms with Crippen LogP contribution < -0.4 is 10.1 Å². The second-order valence-electron chi connectivity index (χ2n) is 10.5. The Morgan fingerprint density at radius 3 is 2.58 bits per heavy atom. The summed E-state index contributed by atoms with van der Waals surface area (Å²) in [7, 11) is 0. The number of aliphatic hydroxyl groups is 2. The largest absolute Gasteiger partial charge is 0.486 e. The van der Waals surface area contributed by atoms with Crippen LogP contribution in [0.15, 0.2) is 60.2 Å². The highest BCUT2D eigenvalue weighted by Gasteiger charge is 2.50. The van der Waals surface area contributed by atoms with E-state index >= 15 is 0 Å². The molecule has 2 aromatic rings. The molecule has 3 N–H and O–H groups in total. The first kappa shape index (κ1) is 26.4. The summed E-state index contributed by atoms with van der Waals surface area (Å²) in [4.78, 5) is 28.5. The number of amides is 2. The van der Waals surface area contributed by atoms with Crippen LogP contribution in [0.5, 0.6) is 5.75 Å². The molecule has 0 spiro atoms. The van der Waals surface area contributed by atoms with Crippen LogP contribution in [0.3, 0.4) is 0 Å². The van der Waals surface area contributed by atoms with Crippen molar-refractivity contribution in [2.75, 3.05) is 13.2 Å². The summed E-state index contributed by atoms with van der Waals surface area (Å²) in [6.07, 6.45) is 5.32. The van der Waals surface area contributed by atoms with Crippen LogP contribution in [0.4, 0.5) is 4.39 Å². The fraction of sp³-hybridized carbons (Fsp3) is 0.467. The van der Waals surface area contributed by atoms with E-state index in [0.29, 0.717) is 22.8 Å². The normalized spacial score (nSPS) is 24.2. The molecule has 1 fully saturated rings. The molecule has 202 valence electrons. The van der Waals surface area contributed by atoms with E-state index in [9.17, 15) is 24.2 Å². The van der Waals surface area contributed by atoms with Gasteiger partial charge in [-0.05, 0) is 30.5 Å². The smallest absolute Gasteiger partial charge is 0.247 e. The van der Waals surface area contributed by atoms with Crippen molar-refractivity contribution >= 4 is 11.8 Å². The number of rotatable bonds is 9. The number of fused-ring (bicyclic) bond motifs is 3. The van der Waals surface area contributed by atoms with Crippen LogP contribution in [0.1, 0.15) is 55.6 Å². The second-order valence-corrected chi connectivity index (χ2v) is 10.5. The highest BCUT2D eigenvalue weighted by molar-refractivity contribution is 5.96. The van der Waals surface area contributed by atoms with Crippen LogP contribution in [-0.4, -0.2) is 58.3 Å². The van der Waals surface area contributed by atoms with Gasteiger partial charge in [0.05, 0.1) is 18.6 Å². The maximum atomic E-state index is 14.7. The van der Waals surface area contributed by atoms with Gasteiger partial charge in [-0.25, -0.2) is 4.39 Å². The van der Waals surface area contributed by atoms with Crippen molar-refractivity contribution in [3.63, 3.8) is 0 Å². The molecular formula is C30H35FN2O5. The fourth-order valence-electron chi connectivity index (χ4n) is 6.13. The fourth-order valence-corrected chi connectivity index (χ4v) is 6.13. The molecule has 1 saturated carbocycles. The summed E-state index contributed by atoms with van der Waals surface area (Å²) >= 11 is 0. The summed E-state index contributed by atoms with van der Waals surface area (Å²) < 4.78 is 20.9. The maximum Gasteiger partial charge on any atom is 0.247 e. The molecule has 8 heteroatoms. The average molecular weight is 523 g/mol. The number of nitrogens with zero attached hydrogens (tertiary/aromatic N) is 1. The molecule has 0 radical (unpaired) electrons. The average Bonchev–Trinajstić information content (AvgIpc) is 3.59. The summed E-state index contributed by atoms with van der Waals surface area (Å²) in [5.74, 6) is -0.465. The van der Waals surface area contributed by atoms with E-state index in [2.05, 4.69) is 5.32 Å². The van der Waals surface area contributed by atoms with Crippen LogP contribution >= 0.6 is 0 Å². The van der Waals surface area contributed by atoms with E-state index in [1.165, 1.54) is 23.8 Å². The van der Waals surface area contributed by atoms with Crippen molar-refractivity contribution in [1.82, 2.24) is 10.2 Å². The van der Waals surface area contributed by atoms with Gasteiger partial charge < -0.3 is 25.2 Å². The van der Waals surface area contributed by atoms with E-state index in [0.717, 1.165) is 24.8 Å². The molecule has 2 aliphatic carbocycles. The number of aliphatic hydroxyl groups excluding tert-OH is 2. The third-order valence-electron chi connectivity index (χ3n) is 8.10. The topological polar surface area (TPSA) is 99.1 Å². The molecule has 5 rings (SSSR count). The monoisotopic (exact) mass is 522 g/mol. The highest BCUT2D eigenvalue weighted by atomic mass is 19.1. The molecule has 7 nitrogen and oxygen atoms in total. The minimum atomic E-state index is -1.14. The molecule has 0 saturated heterocycles. The van der Waals surface area contributed by atoms with Crippen molar-refractivity contribution in [3.05, 3.63) is 77.1 Å². The van der Waals surface area contributed by atoms with Gasteiger partial charge in [0.25, 0.3) is 0 Å². The van der Waals surface area contributed by atoms with E-state index in [1.54, 1.807) is 30.3 Å². The lowest BCUT2D eigenvalue weighted by Gasteiger charge is -2.41. The van der Waals surface area contributed by atoms with Crippen molar-refractivity contribution in [1.29, 1.82) is 0 Å². The standard InChI is InChI=1S/C30H35FN2O5/c31-23-11-5-3-9-20(23)18-33(26(35)14-13-19-7-1-2-8-19)24-17-22(30(37)32-15-16-34)27-21-10-4-6-12-25(21)38-29(27)28(24)36/h3-6,9-12,17,19,24,27-29,34,36H,1-2,7-8,13-16,18H2,(H,32,37)/t24-,27+,28+,29+/m1/s1. The van der Waals surface area contributed by atoms with Crippen molar-refractivity contribution in [2.45, 2.75) is 69.2 Å². The lowest BCUT2D eigenvalue weighted by Crippen LogP contribution is -2.55. The van der Waals surface area contributed by atoms with Gasteiger partial charge in [0.2, 0.25) is 11.8 Å². The third kappa shape index (κ3) is 5.33. The third-order valence-corrected chi connectivity index (χ3v) is 8.10. The summed E-state index contributed by atoms with van der Waals surface area (Å²) in [5.41, 5.74) is 1.49. The molecule has 3 aliphatic rings. The molecule has 2 amide bonds. The number of para-hydroxylation sites is 1. The van der Waals surface area contributed by atoms with Crippen LogP contribution in [0.2, 0.25) is 0 Å². The zero-order valence-corrected chi connectivity index (χ0v) is 21.4. The lowest BCUT2D eigenvalue weighted by molar-refractivity contribution is -0.138. The SMILES string of the molecule is O=C(NCCO)C1=C[C@@H](N(Cc2ccccc2F)C(=O)CCC2CCCC2)[C@H](O)[C@H]2Oc3ccccc3[C@@H]12. The molecule has 38 heavy (non-hydrogen) atoms. The number of carbonyl (C=O) groups is 2. The summed E-state index contributed by atoms with van der Waals surface area (Å²) in [5, 5.41) is 23.6. The van der Waals surface area contributed by atoms with Crippen LogP contribution in [0.25, 0.3) is 0 Å². The van der Waals surface area contributed by atoms with Gasteiger partial charge in [-0.15, -0.1) is 0 Å². The molecule has 1 aliphatic heterocycles. The van der Waals surface area contributed by atoms with Gasteiger partial charge in [0, 0.05) is 36.2 Å². The van der Waals surface area contributed by atoms with Crippen molar-refractivity contribution < 1.29 is 28.9 Å². The van der Waals surface area contributed by atoms with Crippen molar-refractivity contribution in [2.24, 2.45) is 5.92 Å². The van der Waals surface area contributed by atoms with E-state index in [4.69, 9.17) is 4.74 Å². The number of hydrogen-bond donors (Lipinski definition) is 3. The van der Waals surface area contributed by atoms with Crippen molar-refractivity contribution in [3.8, 4) is 5.75 Å².